The summed E-state index contributed by atoms with van der Waals surface area (Å²) in [6.45, 7) is 3.41. The Kier molecular flexibility index (Phi) is 4.14. The molecule has 0 bridgehead atoms. The molecule has 5 heteroatoms. The second-order valence-electron chi connectivity index (χ2n) is 6.69. The zero-order valence-electron chi connectivity index (χ0n) is 14.2. The molecule has 1 amide bonds. The third kappa shape index (κ3) is 3.36. The van der Waals surface area contributed by atoms with Crippen LogP contribution >= 0.6 is 0 Å². The van der Waals surface area contributed by atoms with E-state index in [1.165, 1.54) is 10.9 Å². The molecule has 4 rings (SSSR count). The number of aromatic nitrogens is 3. The van der Waals surface area contributed by atoms with Gasteiger partial charge in [0.2, 0.25) is 0 Å². The molecule has 126 valence electrons. The number of fused-ring (bicyclic) bond motifs is 1. The van der Waals surface area contributed by atoms with Gasteiger partial charge in [-0.25, -0.2) is 4.98 Å². The number of aryl methyl sites for hydroxylation is 1. The van der Waals surface area contributed by atoms with Crippen LogP contribution in [-0.2, 0) is 6.42 Å². The van der Waals surface area contributed by atoms with Crippen molar-refractivity contribution in [3.8, 4) is 0 Å². The number of carbonyl (C=O) groups excluding carboxylic acids is 1. The number of benzene rings is 1. The lowest BCUT2D eigenvalue weighted by molar-refractivity contribution is 0.0781. The first kappa shape index (κ1) is 15.7. The molecule has 1 unspecified atom stereocenters. The lowest BCUT2D eigenvalue weighted by Gasteiger charge is -2.16. The van der Waals surface area contributed by atoms with E-state index in [4.69, 9.17) is 0 Å². The van der Waals surface area contributed by atoms with Gasteiger partial charge in [-0.2, -0.15) is 0 Å². The first-order valence-electron chi connectivity index (χ1n) is 8.60. The molecule has 2 aromatic heterocycles. The van der Waals surface area contributed by atoms with Crippen molar-refractivity contribution in [1.82, 2.24) is 19.9 Å². The van der Waals surface area contributed by atoms with Gasteiger partial charge in [-0.15, -0.1) is 0 Å². The zero-order valence-corrected chi connectivity index (χ0v) is 14.2. The van der Waals surface area contributed by atoms with Crippen LogP contribution in [0.3, 0.4) is 0 Å². The van der Waals surface area contributed by atoms with Gasteiger partial charge in [0.25, 0.3) is 5.91 Å². The van der Waals surface area contributed by atoms with Gasteiger partial charge < -0.3 is 4.90 Å². The highest BCUT2D eigenvalue weighted by molar-refractivity contribution is 5.92. The van der Waals surface area contributed by atoms with Gasteiger partial charge >= 0.3 is 0 Å². The molecule has 0 saturated carbocycles. The summed E-state index contributed by atoms with van der Waals surface area (Å²) in [5.41, 5.74) is 3.50. The second-order valence-corrected chi connectivity index (χ2v) is 6.69. The maximum atomic E-state index is 12.5. The molecule has 5 nitrogen and oxygen atoms in total. The van der Waals surface area contributed by atoms with Crippen LogP contribution < -0.4 is 0 Å². The first-order valence-corrected chi connectivity index (χ1v) is 8.60. The third-order valence-corrected chi connectivity index (χ3v) is 4.74. The fourth-order valence-corrected chi connectivity index (χ4v) is 3.41. The predicted octanol–water partition coefficient (Wildman–Crippen LogP) is 3.04. The quantitative estimate of drug-likeness (QED) is 0.740. The molecule has 1 saturated heterocycles. The van der Waals surface area contributed by atoms with Gasteiger partial charge in [0.15, 0.2) is 0 Å². The van der Waals surface area contributed by atoms with Crippen LogP contribution in [0.15, 0.2) is 48.9 Å². The van der Waals surface area contributed by atoms with Gasteiger partial charge in [0.1, 0.15) is 5.69 Å². The summed E-state index contributed by atoms with van der Waals surface area (Å²) in [4.78, 5) is 27.3. The topological polar surface area (TPSA) is 59.0 Å². The highest BCUT2D eigenvalue weighted by Crippen LogP contribution is 2.23. The lowest BCUT2D eigenvalue weighted by atomic mass is 9.99. The summed E-state index contributed by atoms with van der Waals surface area (Å²) < 4.78 is 0. The zero-order chi connectivity index (χ0) is 17.2. The summed E-state index contributed by atoms with van der Waals surface area (Å²) in [7, 11) is 0. The molecule has 0 spiro atoms. The van der Waals surface area contributed by atoms with Crippen LogP contribution in [-0.4, -0.2) is 38.8 Å². The van der Waals surface area contributed by atoms with Crippen LogP contribution in [0, 0.1) is 12.8 Å². The van der Waals surface area contributed by atoms with Gasteiger partial charge in [-0.3, -0.25) is 14.8 Å². The molecule has 0 radical (unpaired) electrons. The summed E-state index contributed by atoms with van der Waals surface area (Å²) >= 11 is 0. The van der Waals surface area contributed by atoms with Crippen molar-refractivity contribution in [2.24, 2.45) is 5.92 Å². The Bertz CT molecular complexity index is 907. The number of nitrogens with zero attached hydrogens (tertiary/aromatic N) is 4. The van der Waals surface area contributed by atoms with E-state index in [9.17, 15) is 4.79 Å². The number of pyridine rings is 1. The second kappa shape index (κ2) is 6.59. The molecule has 1 aromatic carbocycles. The molecule has 1 aliphatic rings. The Labute approximate surface area is 146 Å². The van der Waals surface area contributed by atoms with E-state index in [-0.39, 0.29) is 5.91 Å². The fraction of sp³-hybridized carbons (Fsp3) is 0.300. The largest absolute Gasteiger partial charge is 0.337 e. The van der Waals surface area contributed by atoms with Crippen LogP contribution in [0.1, 0.15) is 28.2 Å². The number of hydrogen-bond acceptors (Lipinski definition) is 4. The number of likely N-dealkylation sites (tertiary alicyclic amines) is 1. The average Bonchev–Trinajstić information content (AvgIpc) is 3.10. The van der Waals surface area contributed by atoms with Crippen LogP contribution in [0.5, 0.6) is 0 Å². The first-order chi connectivity index (χ1) is 12.2. The Morgan fingerprint density at radius 1 is 1.16 bits per heavy atom. The minimum absolute atomic E-state index is 0.0216. The van der Waals surface area contributed by atoms with Crippen LogP contribution in [0.4, 0.5) is 0 Å². The van der Waals surface area contributed by atoms with E-state index in [2.05, 4.69) is 27.1 Å². The minimum Gasteiger partial charge on any atom is -0.337 e. The Hall–Kier alpha value is -2.82. The molecule has 3 aromatic rings. The molecular formula is C20H20N4O. The molecule has 25 heavy (non-hydrogen) atoms. The van der Waals surface area contributed by atoms with Crippen molar-refractivity contribution in [3.05, 3.63) is 65.9 Å². The standard InChI is InChI=1S/C20H20N4O/c1-14-10-22-19(12-21-14)20(25)24-7-6-15(13-24)8-16-9-17-4-2-3-5-18(17)23-11-16/h2-5,9-12,15H,6-8,13H2,1H3. The molecule has 1 fully saturated rings. The van der Waals surface area contributed by atoms with E-state index in [0.29, 0.717) is 11.6 Å². The van der Waals surface area contributed by atoms with Crippen LogP contribution in [0.2, 0.25) is 0 Å². The molecule has 3 heterocycles. The SMILES string of the molecule is Cc1cnc(C(=O)N2CCC(Cc3cnc4ccccc4c3)C2)cn1. The number of carbonyl (C=O) groups is 1. The minimum atomic E-state index is -0.0216. The third-order valence-electron chi connectivity index (χ3n) is 4.74. The normalized spacial score (nSPS) is 17.2. The van der Waals surface area contributed by atoms with E-state index in [1.54, 1.807) is 12.4 Å². The molecule has 1 aliphatic heterocycles. The molecule has 0 N–H and O–H groups in total. The number of hydrogen-bond donors (Lipinski definition) is 0. The Morgan fingerprint density at radius 3 is 2.88 bits per heavy atom. The summed E-state index contributed by atoms with van der Waals surface area (Å²) in [6.07, 6.45) is 7.12. The fourth-order valence-electron chi connectivity index (χ4n) is 3.41. The predicted molar refractivity (Wildman–Crippen MR) is 96.2 cm³/mol. The summed E-state index contributed by atoms with van der Waals surface area (Å²) in [5, 5.41) is 1.17. The van der Waals surface area contributed by atoms with Crippen molar-refractivity contribution in [1.29, 1.82) is 0 Å². The molecule has 1 atom stereocenters. The molecular weight excluding hydrogens is 312 g/mol. The maximum Gasteiger partial charge on any atom is 0.274 e. The number of para-hydroxylation sites is 1. The summed E-state index contributed by atoms with van der Waals surface area (Å²) in [5.74, 6) is 0.442. The molecule has 0 aliphatic carbocycles. The van der Waals surface area contributed by atoms with E-state index < -0.39 is 0 Å². The highest BCUT2D eigenvalue weighted by atomic mass is 16.2. The maximum absolute atomic E-state index is 12.5. The number of rotatable bonds is 3. The van der Waals surface area contributed by atoms with Gasteiger partial charge in [-0.05, 0) is 43.4 Å². The van der Waals surface area contributed by atoms with Crippen LogP contribution in [0.25, 0.3) is 10.9 Å². The van der Waals surface area contributed by atoms with Crippen molar-refractivity contribution >= 4 is 16.8 Å². The van der Waals surface area contributed by atoms with Crippen molar-refractivity contribution < 1.29 is 4.79 Å². The number of amides is 1. The monoisotopic (exact) mass is 332 g/mol. The Balaban J connectivity index is 1.43. The van der Waals surface area contributed by atoms with Crippen molar-refractivity contribution in [3.63, 3.8) is 0 Å². The van der Waals surface area contributed by atoms with Gasteiger partial charge in [-0.1, -0.05) is 18.2 Å². The van der Waals surface area contributed by atoms with E-state index >= 15 is 0 Å². The van der Waals surface area contributed by atoms with Crippen molar-refractivity contribution in [2.75, 3.05) is 13.1 Å². The van der Waals surface area contributed by atoms with E-state index in [0.717, 1.165) is 37.1 Å². The van der Waals surface area contributed by atoms with Gasteiger partial charge in [0, 0.05) is 30.9 Å². The smallest absolute Gasteiger partial charge is 0.274 e. The Morgan fingerprint density at radius 2 is 2.04 bits per heavy atom. The lowest BCUT2D eigenvalue weighted by Crippen LogP contribution is -2.29. The summed E-state index contributed by atoms with van der Waals surface area (Å²) in [6, 6.07) is 10.4. The van der Waals surface area contributed by atoms with E-state index in [1.807, 2.05) is 36.2 Å². The highest BCUT2D eigenvalue weighted by Gasteiger charge is 2.27. The van der Waals surface area contributed by atoms with Gasteiger partial charge in [0.05, 0.1) is 17.4 Å². The van der Waals surface area contributed by atoms with Crippen molar-refractivity contribution in [2.45, 2.75) is 19.8 Å². The average molecular weight is 332 g/mol.